The normalized spacial score (nSPS) is 9.50. The molecular weight excluding hydrogens is 160 g/mol. The van der Waals surface area contributed by atoms with E-state index in [1.165, 1.54) is 18.0 Å². The van der Waals surface area contributed by atoms with Gasteiger partial charge in [-0.3, -0.25) is 9.48 Å². The highest BCUT2D eigenvalue weighted by Crippen LogP contribution is 2.05. The van der Waals surface area contributed by atoms with Crippen molar-refractivity contribution >= 4 is 12.3 Å². The third kappa shape index (κ3) is 1.20. The molecule has 1 heterocycles. The van der Waals surface area contributed by atoms with Crippen LogP contribution in [0.2, 0.25) is 0 Å². The molecule has 5 heteroatoms. The molecule has 0 amide bonds. The van der Waals surface area contributed by atoms with E-state index in [2.05, 4.69) is 9.84 Å². The van der Waals surface area contributed by atoms with E-state index in [9.17, 15) is 9.59 Å². The lowest BCUT2D eigenvalue weighted by atomic mass is 10.2. The number of nitrogens with zero attached hydrogens (tertiary/aromatic N) is 2. The summed E-state index contributed by atoms with van der Waals surface area (Å²) in [6.07, 6.45) is 1.87. The van der Waals surface area contributed by atoms with Crippen molar-refractivity contribution in [1.29, 1.82) is 0 Å². The fraction of sp³-hybridized carbons (Fsp3) is 0.286. The van der Waals surface area contributed by atoms with Crippen LogP contribution in [0.3, 0.4) is 0 Å². The molecule has 1 aromatic heterocycles. The second kappa shape index (κ2) is 3.17. The average molecular weight is 168 g/mol. The Morgan fingerprint density at radius 2 is 2.42 bits per heavy atom. The number of aromatic nitrogens is 2. The SMILES string of the molecule is COC(=O)c1cnn(C)c1C=O. The van der Waals surface area contributed by atoms with Gasteiger partial charge in [-0.2, -0.15) is 5.10 Å². The predicted octanol–water partition coefficient (Wildman–Crippen LogP) is 0.0192. The highest BCUT2D eigenvalue weighted by Gasteiger charge is 2.14. The number of aldehydes is 1. The van der Waals surface area contributed by atoms with Gasteiger partial charge in [-0.1, -0.05) is 0 Å². The standard InChI is InChI=1S/C7H8N2O3/c1-9-6(4-10)5(3-8-9)7(11)12-2/h3-4H,1-2H3. The third-order valence-electron chi connectivity index (χ3n) is 1.50. The molecule has 0 aliphatic heterocycles. The van der Waals surface area contributed by atoms with E-state index in [0.717, 1.165) is 0 Å². The lowest BCUT2D eigenvalue weighted by Crippen LogP contribution is -2.05. The lowest BCUT2D eigenvalue weighted by Gasteiger charge is -1.95. The molecule has 0 bridgehead atoms. The number of hydrogen-bond acceptors (Lipinski definition) is 4. The zero-order valence-electron chi connectivity index (χ0n) is 6.77. The molecule has 12 heavy (non-hydrogen) atoms. The van der Waals surface area contributed by atoms with Gasteiger partial charge in [0, 0.05) is 7.05 Å². The Labute approximate surface area is 68.9 Å². The summed E-state index contributed by atoms with van der Waals surface area (Å²) in [5.41, 5.74) is 0.414. The van der Waals surface area contributed by atoms with Gasteiger partial charge in [0.15, 0.2) is 6.29 Å². The van der Waals surface area contributed by atoms with E-state index in [4.69, 9.17) is 0 Å². The molecule has 0 fully saturated rings. The Hall–Kier alpha value is -1.65. The maximum atomic E-state index is 11.0. The Morgan fingerprint density at radius 3 is 2.92 bits per heavy atom. The Morgan fingerprint density at radius 1 is 1.75 bits per heavy atom. The van der Waals surface area contributed by atoms with E-state index in [0.29, 0.717) is 6.29 Å². The molecule has 5 nitrogen and oxygen atoms in total. The fourth-order valence-electron chi connectivity index (χ4n) is 0.854. The van der Waals surface area contributed by atoms with E-state index in [-0.39, 0.29) is 11.3 Å². The van der Waals surface area contributed by atoms with Crippen molar-refractivity contribution in [3.8, 4) is 0 Å². The summed E-state index contributed by atoms with van der Waals surface area (Å²) in [5, 5.41) is 3.74. The summed E-state index contributed by atoms with van der Waals surface area (Å²) in [6, 6.07) is 0. The Balaban J connectivity index is 3.15. The molecule has 1 aromatic rings. The van der Waals surface area contributed by atoms with Gasteiger partial charge < -0.3 is 4.74 Å². The van der Waals surface area contributed by atoms with Gasteiger partial charge in [0.05, 0.1) is 13.3 Å². The third-order valence-corrected chi connectivity index (χ3v) is 1.50. The van der Waals surface area contributed by atoms with Crippen molar-refractivity contribution in [3.05, 3.63) is 17.5 Å². The van der Waals surface area contributed by atoms with E-state index in [1.54, 1.807) is 7.05 Å². The number of carbonyl (C=O) groups excluding carboxylic acids is 2. The lowest BCUT2D eigenvalue weighted by molar-refractivity contribution is 0.0598. The molecule has 0 aromatic carbocycles. The minimum absolute atomic E-state index is 0.190. The second-order valence-corrected chi connectivity index (χ2v) is 2.18. The molecule has 1 rings (SSSR count). The van der Waals surface area contributed by atoms with Gasteiger partial charge in [-0.05, 0) is 0 Å². The summed E-state index contributed by atoms with van der Waals surface area (Å²) >= 11 is 0. The largest absolute Gasteiger partial charge is 0.465 e. The zero-order valence-corrected chi connectivity index (χ0v) is 6.77. The van der Waals surface area contributed by atoms with Gasteiger partial charge in [-0.15, -0.1) is 0 Å². The highest BCUT2D eigenvalue weighted by molar-refractivity contribution is 5.96. The molecule has 0 saturated heterocycles. The first kappa shape index (κ1) is 8.45. The first-order chi connectivity index (χ1) is 5.70. The quantitative estimate of drug-likeness (QED) is 0.461. The molecule has 0 unspecified atom stereocenters. The summed E-state index contributed by atoms with van der Waals surface area (Å²) in [4.78, 5) is 21.4. The molecule has 0 atom stereocenters. The summed E-state index contributed by atoms with van der Waals surface area (Å²) in [6.45, 7) is 0. The number of ether oxygens (including phenoxy) is 1. The van der Waals surface area contributed by atoms with Crippen molar-refractivity contribution < 1.29 is 14.3 Å². The molecular formula is C7H8N2O3. The van der Waals surface area contributed by atoms with Gasteiger partial charge in [0.25, 0.3) is 0 Å². The molecule has 64 valence electrons. The maximum Gasteiger partial charge on any atom is 0.341 e. The number of methoxy groups -OCH3 is 1. The van der Waals surface area contributed by atoms with Crippen LogP contribution in [-0.4, -0.2) is 29.1 Å². The van der Waals surface area contributed by atoms with Gasteiger partial charge >= 0.3 is 5.97 Å². The number of carbonyl (C=O) groups is 2. The average Bonchev–Trinajstić information content (AvgIpc) is 2.45. The minimum atomic E-state index is -0.551. The summed E-state index contributed by atoms with van der Waals surface area (Å²) < 4.78 is 5.76. The molecule has 0 N–H and O–H groups in total. The van der Waals surface area contributed by atoms with Crippen LogP contribution >= 0.6 is 0 Å². The monoisotopic (exact) mass is 168 g/mol. The number of rotatable bonds is 2. The molecule has 0 radical (unpaired) electrons. The van der Waals surface area contributed by atoms with Crippen LogP contribution in [-0.2, 0) is 11.8 Å². The van der Waals surface area contributed by atoms with Crippen molar-refractivity contribution in [3.63, 3.8) is 0 Å². The predicted molar refractivity (Wildman–Crippen MR) is 39.9 cm³/mol. The smallest absolute Gasteiger partial charge is 0.341 e. The summed E-state index contributed by atoms with van der Waals surface area (Å²) in [7, 11) is 2.83. The number of esters is 1. The van der Waals surface area contributed by atoms with Crippen LogP contribution in [0.5, 0.6) is 0 Å². The van der Waals surface area contributed by atoms with E-state index in [1.807, 2.05) is 0 Å². The van der Waals surface area contributed by atoms with Crippen molar-refractivity contribution in [2.24, 2.45) is 7.05 Å². The van der Waals surface area contributed by atoms with Crippen molar-refractivity contribution in [1.82, 2.24) is 9.78 Å². The van der Waals surface area contributed by atoms with Gasteiger partial charge in [-0.25, -0.2) is 4.79 Å². The van der Waals surface area contributed by atoms with Crippen LogP contribution in [0, 0.1) is 0 Å². The van der Waals surface area contributed by atoms with Crippen LogP contribution in [0.4, 0.5) is 0 Å². The van der Waals surface area contributed by atoms with E-state index >= 15 is 0 Å². The first-order valence-electron chi connectivity index (χ1n) is 3.26. The second-order valence-electron chi connectivity index (χ2n) is 2.18. The zero-order chi connectivity index (χ0) is 9.14. The number of hydrogen-bond donors (Lipinski definition) is 0. The Bertz CT molecular complexity index is 316. The number of aryl methyl sites for hydroxylation is 1. The molecule has 0 aliphatic rings. The van der Waals surface area contributed by atoms with Gasteiger partial charge in [0.2, 0.25) is 0 Å². The van der Waals surface area contributed by atoms with Crippen molar-refractivity contribution in [2.75, 3.05) is 7.11 Å². The maximum absolute atomic E-state index is 11.0. The Kier molecular flexibility index (Phi) is 2.23. The summed E-state index contributed by atoms with van der Waals surface area (Å²) in [5.74, 6) is -0.551. The van der Waals surface area contributed by atoms with Crippen LogP contribution in [0.1, 0.15) is 20.8 Å². The molecule has 0 spiro atoms. The van der Waals surface area contributed by atoms with Gasteiger partial charge in [0.1, 0.15) is 11.3 Å². The fourth-order valence-corrected chi connectivity index (χ4v) is 0.854. The highest BCUT2D eigenvalue weighted by atomic mass is 16.5. The van der Waals surface area contributed by atoms with Crippen LogP contribution in [0.25, 0.3) is 0 Å². The van der Waals surface area contributed by atoms with Crippen LogP contribution in [0.15, 0.2) is 6.20 Å². The topological polar surface area (TPSA) is 61.2 Å². The van der Waals surface area contributed by atoms with Crippen LogP contribution < -0.4 is 0 Å². The van der Waals surface area contributed by atoms with Crippen molar-refractivity contribution in [2.45, 2.75) is 0 Å². The van der Waals surface area contributed by atoms with E-state index < -0.39 is 5.97 Å². The first-order valence-corrected chi connectivity index (χ1v) is 3.26. The molecule has 0 aliphatic carbocycles. The minimum Gasteiger partial charge on any atom is -0.465 e. The molecule has 0 saturated carbocycles.